The molecule has 1 aliphatic carbocycles. The molecule has 164 valence electrons. The number of nitrogens with one attached hydrogen (secondary N) is 2. The number of carbonyl (C=O) groups is 2. The summed E-state index contributed by atoms with van der Waals surface area (Å²) in [5.74, 6) is 1.28. The minimum atomic E-state index is -0.763. The van der Waals surface area contributed by atoms with Gasteiger partial charge in [-0.3, -0.25) is 9.69 Å². The molecule has 8 nitrogen and oxygen atoms in total. The van der Waals surface area contributed by atoms with Crippen molar-refractivity contribution in [3.8, 4) is 0 Å². The Morgan fingerprint density at radius 1 is 1.34 bits per heavy atom. The number of likely N-dealkylation sites (N-methyl/N-ethyl adjacent to an activating group) is 1. The van der Waals surface area contributed by atoms with Gasteiger partial charge >= 0.3 is 6.03 Å². The van der Waals surface area contributed by atoms with Crippen molar-refractivity contribution in [2.75, 3.05) is 7.05 Å². The van der Waals surface area contributed by atoms with Gasteiger partial charge < -0.3 is 15.2 Å². The van der Waals surface area contributed by atoms with Gasteiger partial charge in [-0.25, -0.2) is 4.79 Å². The molecule has 9 heteroatoms. The van der Waals surface area contributed by atoms with E-state index in [1.54, 1.807) is 0 Å². The van der Waals surface area contributed by atoms with Crippen LogP contribution in [-0.2, 0) is 17.8 Å². The van der Waals surface area contributed by atoms with Crippen LogP contribution in [0.25, 0.3) is 0 Å². The van der Waals surface area contributed by atoms with E-state index in [0.29, 0.717) is 36.9 Å². The number of amides is 3. The molecule has 1 aromatic heterocycles. The van der Waals surface area contributed by atoms with Gasteiger partial charge in [0.05, 0.1) is 0 Å². The van der Waals surface area contributed by atoms with Crippen LogP contribution < -0.4 is 10.6 Å². The smallest absolute Gasteiger partial charge is 0.325 e. The predicted molar refractivity (Wildman–Crippen MR) is 112 cm³/mol. The second kappa shape index (κ2) is 9.00. The highest BCUT2D eigenvalue weighted by atomic mass is 35.5. The van der Waals surface area contributed by atoms with Crippen LogP contribution in [0.5, 0.6) is 0 Å². The van der Waals surface area contributed by atoms with E-state index in [1.807, 2.05) is 14.0 Å². The van der Waals surface area contributed by atoms with Crippen LogP contribution in [0.1, 0.15) is 71.5 Å². The number of halogens is 1. The maximum Gasteiger partial charge on any atom is 0.325 e. The molecule has 1 saturated heterocycles. The number of hydrogen-bond acceptors (Lipinski definition) is 6. The van der Waals surface area contributed by atoms with Gasteiger partial charge in [-0.2, -0.15) is 4.98 Å². The van der Waals surface area contributed by atoms with Gasteiger partial charge in [-0.05, 0) is 51.0 Å². The normalized spacial score (nSPS) is 25.8. The largest absolute Gasteiger partial charge is 0.337 e. The van der Waals surface area contributed by atoms with Crippen LogP contribution in [0.15, 0.2) is 4.52 Å². The third-order valence-electron chi connectivity index (χ3n) is 6.89. The fraction of sp³-hybridized carbons (Fsp3) is 0.800. The van der Waals surface area contributed by atoms with Gasteiger partial charge in [-0.1, -0.05) is 32.3 Å². The van der Waals surface area contributed by atoms with Crippen molar-refractivity contribution in [2.45, 2.75) is 84.3 Å². The quantitative estimate of drug-likeness (QED) is 0.648. The van der Waals surface area contributed by atoms with Crippen LogP contribution in [0.4, 0.5) is 4.79 Å². The molecular weight excluding hydrogens is 394 g/mol. The molecule has 29 heavy (non-hydrogen) atoms. The van der Waals surface area contributed by atoms with E-state index in [4.69, 9.17) is 4.52 Å². The number of carbonyl (C=O) groups excluding carboxylic acids is 2. The summed E-state index contributed by atoms with van der Waals surface area (Å²) in [5.41, 5.74) is -0.501. The molecule has 3 rings (SSSR count). The third kappa shape index (κ3) is 4.74. The number of urea groups is 1. The van der Waals surface area contributed by atoms with Crippen molar-refractivity contribution in [3.05, 3.63) is 11.7 Å². The Balaban J connectivity index is 0.00000300. The van der Waals surface area contributed by atoms with E-state index < -0.39 is 5.54 Å². The molecule has 2 fully saturated rings. The summed E-state index contributed by atoms with van der Waals surface area (Å²) in [6.45, 7) is 8.84. The maximum absolute atomic E-state index is 13.1. The minimum absolute atomic E-state index is 0. The van der Waals surface area contributed by atoms with Crippen LogP contribution in [0.3, 0.4) is 0 Å². The van der Waals surface area contributed by atoms with E-state index in [0.717, 1.165) is 19.3 Å². The van der Waals surface area contributed by atoms with Crippen molar-refractivity contribution in [3.63, 3.8) is 0 Å². The minimum Gasteiger partial charge on any atom is -0.337 e. The highest BCUT2D eigenvalue weighted by Gasteiger charge is 2.53. The van der Waals surface area contributed by atoms with Gasteiger partial charge in [-0.15, -0.1) is 12.4 Å². The van der Waals surface area contributed by atoms with Crippen molar-refractivity contribution in [2.24, 2.45) is 11.3 Å². The first-order valence-corrected chi connectivity index (χ1v) is 10.3. The third-order valence-corrected chi connectivity index (χ3v) is 6.89. The summed E-state index contributed by atoms with van der Waals surface area (Å²) in [4.78, 5) is 31.2. The Labute approximate surface area is 179 Å². The standard InChI is InChI=1S/C20H33N5O3.ClH/c1-6-19(3,4)14-7-9-20(10-8-14)17(26)25(18(27)23-20)12-16-22-15(24-28-16)11-13(2)21-5;/h13-14,21H,6-12H2,1-5H3,(H,23,27);1H. The lowest BCUT2D eigenvalue weighted by molar-refractivity contribution is -0.133. The van der Waals surface area contributed by atoms with E-state index in [-0.39, 0.29) is 42.3 Å². The van der Waals surface area contributed by atoms with Gasteiger partial charge in [0.1, 0.15) is 12.1 Å². The zero-order valence-electron chi connectivity index (χ0n) is 18.1. The summed E-state index contributed by atoms with van der Waals surface area (Å²) >= 11 is 0. The molecule has 1 spiro atoms. The van der Waals surface area contributed by atoms with E-state index in [9.17, 15) is 9.59 Å². The van der Waals surface area contributed by atoms with Crippen molar-refractivity contribution < 1.29 is 14.1 Å². The summed E-state index contributed by atoms with van der Waals surface area (Å²) in [6.07, 6.45) is 5.02. The first-order valence-electron chi connectivity index (χ1n) is 10.3. The number of imide groups is 1. The number of aromatic nitrogens is 2. The number of rotatable bonds is 7. The summed E-state index contributed by atoms with van der Waals surface area (Å²) in [5, 5.41) is 10.0. The second-order valence-corrected chi connectivity index (χ2v) is 9.02. The van der Waals surface area contributed by atoms with Crippen LogP contribution in [-0.4, -0.2) is 45.6 Å². The van der Waals surface area contributed by atoms with Crippen molar-refractivity contribution in [1.29, 1.82) is 0 Å². The van der Waals surface area contributed by atoms with Gasteiger partial charge in [0.25, 0.3) is 5.91 Å². The highest BCUT2D eigenvalue weighted by Crippen LogP contribution is 2.45. The maximum atomic E-state index is 13.1. The average Bonchev–Trinajstić information content (AvgIpc) is 3.20. The topological polar surface area (TPSA) is 100 Å². The molecule has 2 N–H and O–H groups in total. The van der Waals surface area contributed by atoms with E-state index >= 15 is 0 Å². The van der Waals surface area contributed by atoms with Crippen LogP contribution >= 0.6 is 12.4 Å². The van der Waals surface area contributed by atoms with Crippen LogP contribution in [0, 0.1) is 11.3 Å². The summed E-state index contributed by atoms with van der Waals surface area (Å²) < 4.78 is 5.26. The molecule has 2 heterocycles. The Morgan fingerprint density at radius 2 is 2.00 bits per heavy atom. The Bertz CT molecular complexity index is 727. The number of nitrogens with zero attached hydrogens (tertiary/aromatic N) is 3. The van der Waals surface area contributed by atoms with Gasteiger partial charge in [0, 0.05) is 12.5 Å². The monoisotopic (exact) mass is 427 g/mol. The molecule has 1 atom stereocenters. The molecule has 0 bridgehead atoms. The summed E-state index contributed by atoms with van der Waals surface area (Å²) in [7, 11) is 1.87. The first-order chi connectivity index (χ1) is 13.2. The molecule has 1 aliphatic heterocycles. The van der Waals surface area contributed by atoms with E-state index in [1.165, 1.54) is 4.90 Å². The highest BCUT2D eigenvalue weighted by molar-refractivity contribution is 6.07. The number of hydrogen-bond donors (Lipinski definition) is 2. The molecule has 1 unspecified atom stereocenters. The zero-order chi connectivity index (χ0) is 20.5. The average molecular weight is 428 g/mol. The molecule has 3 amide bonds. The SMILES string of the molecule is CCC(C)(C)C1CCC2(CC1)NC(=O)N(Cc1nc(CC(C)NC)no1)C2=O.Cl. The Kier molecular flexibility index (Phi) is 7.32. The molecule has 1 aromatic rings. The molecular formula is C20H34ClN5O3. The van der Waals surface area contributed by atoms with Crippen molar-refractivity contribution in [1.82, 2.24) is 25.7 Å². The lowest BCUT2D eigenvalue weighted by Gasteiger charge is -2.42. The molecule has 0 radical (unpaired) electrons. The molecule has 2 aliphatic rings. The lowest BCUT2D eigenvalue weighted by atomic mass is 9.65. The Morgan fingerprint density at radius 3 is 2.59 bits per heavy atom. The second-order valence-electron chi connectivity index (χ2n) is 9.02. The van der Waals surface area contributed by atoms with Crippen LogP contribution in [0.2, 0.25) is 0 Å². The van der Waals surface area contributed by atoms with Gasteiger partial charge in [0.15, 0.2) is 5.82 Å². The van der Waals surface area contributed by atoms with Crippen molar-refractivity contribution >= 4 is 24.3 Å². The first kappa shape index (κ1) is 23.6. The lowest BCUT2D eigenvalue weighted by Crippen LogP contribution is -2.50. The van der Waals surface area contributed by atoms with Gasteiger partial charge in [0.2, 0.25) is 5.89 Å². The summed E-state index contributed by atoms with van der Waals surface area (Å²) in [6, 6.07) is -0.144. The van der Waals surface area contributed by atoms with E-state index in [2.05, 4.69) is 41.5 Å². The fourth-order valence-electron chi connectivity index (χ4n) is 4.29. The predicted octanol–water partition coefficient (Wildman–Crippen LogP) is 3.06. The fourth-order valence-corrected chi connectivity index (χ4v) is 4.29. The molecule has 1 saturated carbocycles. The Hall–Kier alpha value is -1.67. The molecule has 0 aromatic carbocycles. The zero-order valence-corrected chi connectivity index (χ0v) is 18.9.